The predicted octanol–water partition coefficient (Wildman–Crippen LogP) is 1.98. The van der Waals surface area contributed by atoms with Crippen molar-refractivity contribution in [3.05, 3.63) is 72.3 Å². The molecule has 0 radical (unpaired) electrons. The van der Waals surface area contributed by atoms with Crippen LogP contribution in [0.2, 0.25) is 0 Å². The summed E-state index contributed by atoms with van der Waals surface area (Å²) in [6, 6.07) is 9.84. The van der Waals surface area contributed by atoms with Crippen LogP contribution < -0.4 is 0 Å². The molecular formula is C16H10N4O3. The molecule has 4 heterocycles. The van der Waals surface area contributed by atoms with Crippen LogP contribution in [0, 0.1) is 0 Å². The van der Waals surface area contributed by atoms with Gasteiger partial charge in [0, 0.05) is 24.8 Å². The Morgan fingerprint density at radius 3 is 1.74 bits per heavy atom. The molecule has 0 aliphatic heterocycles. The number of carbonyl (C=O) groups excluding carboxylic acids is 2. The molecule has 4 aromatic heterocycles. The summed E-state index contributed by atoms with van der Waals surface area (Å²) in [6.45, 7) is 0. The van der Waals surface area contributed by atoms with Gasteiger partial charge in [0.1, 0.15) is 0 Å². The number of pyridine rings is 2. The van der Waals surface area contributed by atoms with Crippen LogP contribution in [0.3, 0.4) is 0 Å². The number of fused-ring (bicyclic) bond motifs is 2. The van der Waals surface area contributed by atoms with Crippen LogP contribution in [-0.2, 0) is 4.74 Å². The van der Waals surface area contributed by atoms with Crippen molar-refractivity contribution in [2.24, 2.45) is 0 Å². The van der Waals surface area contributed by atoms with Gasteiger partial charge >= 0.3 is 11.9 Å². The van der Waals surface area contributed by atoms with E-state index >= 15 is 0 Å². The van der Waals surface area contributed by atoms with Crippen molar-refractivity contribution in [2.75, 3.05) is 0 Å². The van der Waals surface area contributed by atoms with Crippen molar-refractivity contribution in [1.82, 2.24) is 19.2 Å². The Hall–Kier alpha value is -3.48. The quantitative estimate of drug-likeness (QED) is 0.418. The molecule has 23 heavy (non-hydrogen) atoms. The zero-order valence-electron chi connectivity index (χ0n) is 11.8. The third kappa shape index (κ3) is 2.34. The van der Waals surface area contributed by atoms with E-state index in [2.05, 4.69) is 10.2 Å². The second-order valence-corrected chi connectivity index (χ2v) is 4.91. The van der Waals surface area contributed by atoms with E-state index in [1.54, 1.807) is 70.2 Å². The first-order valence-electron chi connectivity index (χ1n) is 6.84. The minimum absolute atomic E-state index is 0.289. The normalized spacial score (nSPS) is 11.0. The van der Waals surface area contributed by atoms with Gasteiger partial charge in [0.05, 0.1) is 22.2 Å². The third-order valence-corrected chi connectivity index (χ3v) is 3.46. The molecule has 0 amide bonds. The first kappa shape index (κ1) is 13.2. The van der Waals surface area contributed by atoms with Crippen molar-refractivity contribution in [3.63, 3.8) is 0 Å². The summed E-state index contributed by atoms with van der Waals surface area (Å²) in [6.07, 6.45) is 6.51. The summed E-state index contributed by atoms with van der Waals surface area (Å²) < 4.78 is 8.17. The van der Waals surface area contributed by atoms with Crippen LogP contribution in [0.4, 0.5) is 0 Å². The molecule has 112 valence electrons. The highest BCUT2D eigenvalue weighted by Gasteiger charge is 2.16. The van der Waals surface area contributed by atoms with Crippen LogP contribution in [0.1, 0.15) is 20.7 Å². The summed E-state index contributed by atoms with van der Waals surface area (Å²) in [5.74, 6) is -1.40. The first-order valence-corrected chi connectivity index (χ1v) is 6.84. The molecule has 0 saturated heterocycles. The lowest BCUT2D eigenvalue weighted by atomic mass is 10.2. The van der Waals surface area contributed by atoms with E-state index in [4.69, 9.17) is 4.74 Å². The lowest BCUT2D eigenvalue weighted by Crippen LogP contribution is -2.13. The number of rotatable bonds is 2. The molecule has 0 atom stereocenters. The van der Waals surface area contributed by atoms with E-state index in [9.17, 15) is 9.59 Å². The molecule has 0 aromatic carbocycles. The van der Waals surface area contributed by atoms with Gasteiger partial charge in [-0.1, -0.05) is 0 Å². The van der Waals surface area contributed by atoms with Crippen LogP contribution in [0.25, 0.3) is 11.0 Å². The molecule has 0 fully saturated rings. The SMILES string of the molecule is O=C(OC(=O)c1ccn2nccc2c1)c1ccn2nccc2c1. The number of aromatic nitrogens is 4. The van der Waals surface area contributed by atoms with Crippen molar-refractivity contribution in [1.29, 1.82) is 0 Å². The van der Waals surface area contributed by atoms with Crippen LogP contribution in [0.15, 0.2) is 61.2 Å². The van der Waals surface area contributed by atoms with Crippen molar-refractivity contribution < 1.29 is 14.3 Å². The number of hydrogen-bond acceptors (Lipinski definition) is 5. The Balaban J connectivity index is 1.58. The molecule has 7 nitrogen and oxygen atoms in total. The average Bonchev–Trinajstić information content (AvgIpc) is 3.21. The lowest BCUT2D eigenvalue weighted by molar-refractivity contribution is 0.0398. The second kappa shape index (κ2) is 5.06. The number of carbonyl (C=O) groups is 2. The monoisotopic (exact) mass is 306 g/mol. The minimum Gasteiger partial charge on any atom is -0.386 e. The standard InChI is InChI=1S/C16H10N4O3/c21-15(11-3-7-19-13(9-11)1-5-17-19)23-16(22)12-4-8-20-14(10-12)2-6-18-20/h1-10H. The lowest BCUT2D eigenvalue weighted by Gasteiger charge is -2.04. The van der Waals surface area contributed by atoms with Gasteiger partial charge in [-0.15, -0.1) is 0 Å². The van der Waals surface area contributed by atoms with Gasteiger partial charge in [-0.2, -0.15) is 10.2 Å². The molecule has 7 heteroatoms. The number of nitrogens with zero attached hydrogens (tertiary/aromatic N) is 4. The zero-order chi connectivity index (χ0) is 15.8. The Kier molecular flexibility index (Phi) is 2.90. The first-order chi connectivity index (χ1) is 11.2. The van der Waals surface area contributed by atoms with Crippen molar-refractivity contribution in [2.45, 2.75) is 0 Å². The highest BCUT2D eigenvalue weighted by atomic mass is 16.6. The van der Waals surface area contributed by atoms with Crippen LogP contribution in [-0.4, -0.2) is 31.2 Å². The summed E-state index contributed by atoms with van der Waals surface area (Å²) in [4.78, 5) is 24.2. The fraction of sp³-hybridized carbons (Fsp3) is 0. The summed E-state index contributed by atoms with van der Waals surface area (Å²) in [7, 11) is 0. The summed E-state index contributed by atoms with van der Waals surface area (Å²) >= 11 is 0. The predicted molar refractivity (Wildman–Crippen MR) is 80.1 cm³/mol. The largest absolute Gasteiger partial charge is 0.386 e. The van der Waals surface area contributed by atoms with E-state index in [1.165, 1.54) is 0 Å². The summed E-state index contributed by atoms with van der Waals surface area (Å²) in [5, 5.41) is 8.08. The smallest absolute Gasteiger partial charge is 0.346 e. The van der Waals surface area contributed by atoms with Gasteiger partial charge in [-0.25, -0.2) is 18.6 Å². The number of esters is 2. The van der Waals surface area contributed by atoms with Crippen LogP contribution in [0.5, 0.6) is 0 Å². The minimum atomic E-state index is -0.702. The van der Waals surface area contributed by atoms with Gasteiger partial charge in [-0.3, -0.25) is 0 Å². The molecule has 0 aliphatic carbocycles. The fourth-order valence-electron chi connectivity index (χ4n) is 2.30. The highest BCUT2D eigenvalue weighted by Crippen LogP contribution is 2.11. The Morgan fingerprint density at radius 2 is 1.26 bits per heavy atom. The van der Waals surface area contributed by atoms with E-state index in [0.29, 0.717) is 0 Å². The van der Waals surface area contributed by atoms with Gasteiger partial charge in [0.25, 0.3) is 0 Å². The molecule has 4 rings (SSSR count). The fourth-order valence-corrected chi connectivity index (χ4v) is 2.30. The molecular weight excluding hydrogens is 296 g/mol. The van der Waals surface area contributed by atoms with E-state index < -0.39 is 11.9 Å². The van der Waals surface area contributed by atoms with Gasteiger partial charge in [0.2, 0.25) is 0 Å². The third-order valence-electron chi connectivity index (χ3n) is 3.46. The number of ether oxygens (including phenoxy) is 1. The molecule has 0 N–H and O–H groups in total. The van der Waals surface area contributed by atoms with E-state index in [1.807, 2.05) is 0 Å². The molecule has 0 bridgehead atoms. The van der Waals surface area contributed by atoms with Gasteiger partial charge < -0.3 is 4.74 Å². The van der Waals surface area contributed by atoms with Crippen LogP contribution >= 0.6 is 0 Å². The van der Waals surface area contributed by atoms with Crippen molar-refractivity contribution in [3.8, 4) is 0 Å². The van der Waals surface area contributed by atoms with Gasteiger partial charge in [0.15, 0.2) is 0 Å². The maximum atomic E-state index is 12.1. The molecule has 4 aromatic rings. The molecule has 0 saturated carbocycles. The highest BCUT2D eigenvalue weighted by molar-refractivity contribution is 6.03. The van der Waals surface area contributed by atoms with Gasteiger partial charge in [-0.05, 0) is 36.4 Å². The average molecular weight is 306 g/mol. The molecule has 0 spiro atoms. The Labute approximate surface area is 129 Å². The van der Waals surface area contributed by atoms with E-state index in [-0.39, 0.29) is 11.1 Å². The second-order valence-electron chi connectivity index (χ2n) is 4.91. The number of hydrogen-bond donors (Lipinski definition) is 0. The Morgan fingerprint density at radius 1 is 0.783 bits per heavy atom. The maximum absolute atomic E-state index is 12.1. The zero-order valence-corrected chi connectivity index (χ0v) is 11.8. The summed E-state index contributed by atoms with van der Waals surface area (Å²) in [5.41, 5.74) is 2.06. The van der Waals surface area contributed by atoms with E-state index in [0.717, 1.165) is 11.0 Å². The van der Waals surface area contributed by atoms with Crippen molar-refractivity contribution >= 4 is 23.0 Å². The Bertz CT molecular complexity index is 964. The molecule has 0 aliphatic rings. The molecule has 0 unspecified atom stereocenters. The topological polar surface area (TPSA) is 78.0 Å². The maximum Gasteiger partial charge on any atom is 0.346 e.